The van der Waals surface area contributed by atoms with Crippen molar-refractivity contribution in [1.29, 1.82) is 0 Å². The van der Waals surface area contributed by atoms with Crippen molar-refractivity contribution in [2.45, 2.75) is 0 Å². The molecule has 0 unspecified atom stereocenters. The Bertz CT molecular complexity index is 421. The first-order chi connectivity index (χ1) is 6.29. The van der Waals surface area contributed by atoms with Gasteiger partial charge in [-0.1, -0.05) is 0 Å². The van der Waals surface area contributed by atoms with Crippen molar-refractivity contribution in [3.63, 3.8) is 0 Å². The van der Waals surface area contributed by atoms with E-state index in [0.717, 1.165) is 0 Å². The minimum absolute atomic E-state index is 0.268. The van der Waals surface area contributed by atoms with Gasteiger partial charge in [0.1, 0.15) is 17.7 Å². The third-order valence-electron chi connectivity index (χ3n) is 1.53. The zero-order valence-corrected chi connectivity index (χ0v) is 7.23. The van der Waals surface area contributed by atoms with Crippen LogP contribution < -0.4 is 0 Å². The number of thiophene rings is 1. The molecule has 0 fully saturated rings. The Morgan fingerprint density at radius 3 is 2.77 bits per heavy atom. The molecule has 0 saturated carbocycles. The van der Waals surface area contributed by atoms with Gasteiger partial charge < -0.3 is 5.11 Å². The maximum absolute atomic E-state index is 10.7. The first-order valence-corrected chi connectivity index (χ1v) is 4.33. The van der Waals surface area contributed by atoms with E-state index < -0.39 is 5.97 Å². The van der Waals surface area contributed by atoms with E-state index in [9.17, 15) is 4.79 Å². The average Bonchev–Trinajstić information content (AvgIpc) is 2.74. The number of aromatic carboxylic acids is 1. The number of hydrogen-bond donors (Lipinski definition) is 1. The summed E-state index contributed by atoms with van der Waals surface area (Å²) in [6.45, 7) is 0. The number of rotatable bonds is 2. The molecular formula is C7H5N3O2S. The summed E-state index contributed by atoms with van der Waals surface area (Å²) in [6.07, 6.45) is 2.94. The molecule has 0 saturated heterocycles. The first-order valence-electron chi connectivity index (χ1n) is 3.45. The maximum atomic E-state index is 10.7. The third-order valence-corrected chi connectivity index (χ3v) is 2.45. The summed E-state index contributed by atoms with van der Waals surface area (Å²) >= 11 is 1.34. The van der Waals surface area contributed by atoms with Crippen LogP contribution in [-0.4, -0.2) is 25.8 Å². The summed E-state index contributed by atoms with van der Waals surface area (Å²) in [7, 11) is 0. The molecular weight excluding hydrogens is 190 g/mol. The Balaban J connectivity index is 2.52. The van der Waals surface area contributed by atoms with E-state index in [0.29, 0.717) is 5.00 Å². The number of carboxylic acids is 1. The zero-order valence-electron chi connectivity index (χ0n) is 6.41. The molecule has 0 spiro atoms. The topological polar surface area (TPSA) is 68.0 Å². The lowest BCUT2D eigenvalue weighted by Gasteiger charge is -1.97. The molecule has 0 atom stereocenters. The number of carbonyl (C=O) groups is 1. The highest BCUT2D eigenvalue weighted by Crippen LogP contribution is 2.20. The number of hydrogen-bond acceptors (Lipinski definition) is 4. The molecule has 0 amide bonds. The smallest absolute Gasteiger partial charge is 0.338 e. The van der Waals surface area contributed by atoms with E-state index >= 15 is 0 Å². The molecule has 6 heteroatoms. The van der Waals surface area contributed by atoms with Gasteiger partial charge in [-0.05, 0) is 11.4 Å². The predicted octanol–water partition coefficient (Wildman–Crippen LogP) is 1.03. The second kappa shape index (κ2) is 2.98. The molecule has 0 aliphatic heterocycles. The van der Waals surface area contributed by atoms with E-state index in [2.05, 4.69) is 10.2 Å². The van der Waals surface area contributed by atoms with Gasteiger partial charge in [-0.15, -0.1) is 21.5 Å². The first kappa shape index (κ1) is 7.93. The van der Waals surface area contributed by atoms with E-state index in [4.69, 9.17) is 5.11 Å². The second-order valence-corrected chi connectivity index (χ2v) is 3.21. The van der Waals surface area contributed by atoms with Gasteiger partial charge in [-0.2, -0.15) is 0 Å². The minimum Gasteiger partial charge on any atom is -0.478 e. The van der Waals surface area contributed by atoms with Crippen molar-refractivity contribution in [2.75, 3.05) is 0 Å². The average molecular weight is 195 g/mol. The van der Waals surface area contributed by atoms with Gasteiger partial charge in [0.2, 0.25) is 0 Å². The van der Waals surface area contributed by atoms with Crippen molar-refractivity contribution in [3.05, 3.63) is 29.7 Å². The Labute approximate surface area is 77.3 Å². The van der Waals surface area contributed by atoms with Crippen molar-refractivity contribution in [2.24, 2.45) is 0 Å². The highest BCUT2D eigenvalue weighted by atomic mass is 32.1. The molecule has 0 radical (unpaired) electrons. The third kappa shape index (κ3) is 1.31. The fourth-order valence-electron chi connectivity index (χ4n) is 0.970. The van der Waals surface area contributed by atoms with Gasteiger partial charge in [0.25, 0.3) is 0 Å². The second-order valence-electron chi connectivity index (χ2n) is 2.31. The molecule has 66 valence electrons. The fraction of sp³-hybridized carbons (Fsp3) is 0. The number of carboxylic acid groups (broad SMARTS) is 1. The van der Waals surface area contributed by atoms with E-state index in [1.54, 1.807) is 16.0 Å². The largest absolute Gasteiger partial charge is 0.478 e. The molecule has 5 nitrogen and oxygen atoms in total. The van der Waals surface area contributed by atoms with E-state index in [1.807, 2.05) is 0 Å². The van der Waals surface area contributed by atoms with Crippen LogP contribution in [-0.2, 0) is 0 Å². The SMILES string of the molecule is O=C(O)c1ccsc1-n1cnnc1. The van der Waals surface area contributed by atoms with Crippen LogP contribution in [0.15, 0.2) is 24.1 Å². The Kier molecular flexibility index (Phi) is 1.82. The van der Waals surface area contributed by atoms with Gasteiger partial charge in [0.15, 0.2) is 0 Å². The van der Waals surface area contributed by atoms with Crippen LogP contribution in [0.3, 0.4) is 0 Å². The maximum Gasteiger partial charge on any atom is 0.338 e. The summed E-state index contributed by atoms with van der Waals surface area (Å²) in [6, 6.07) is 1.56. The molecule has 2 aromatic heterocycles. The molecule has 13 heavy (non-hydrogen) atoms. The van der Waals surface area contributed by atoms with Crippen molar-refractivity contribution in [3.8, 4) is 5.00 Å². The van der Waals surface area contributed by atoms with Crippen LogP contribution in [0.1, 0.15) is 10.4 Å². The summed E-state index contributed by atoms with van der Waals surface area (Å²) in [5, 5.41) is 18.4. The summed E-state index contributed by atoms with van der Waals surface area (Å²) < 4.78 is 1.58. The summed E-state index contributed by atoms with van der Waals surface area (Å²) in [5.41, 5.74) is 0.268. The highest BCUT2D eigenvalue weighted by molar-refractivity contribution is 7.13. The Hall–Kier alpha value is -1.69. The fourth-order valence-corrected chi connectivity index (χ4v) is 1.80. The molecule has 2 aromatic rings. The Morgan fingerprint density at radius 2 is 2.15 bits per heavy atom. The van der Waals surface area contributed by atoms with Gasteiger partial charge >= 0.3 is 5.97 Å². The molecule has 0 bridgehead atoms. The van der Waals surface area contributed by atoms with Gasteiger partial charge in [-0.3, -0.25) is 4.57 Å². The van der Waals surface area contributed by atoms with Gasteiger partial charge in [0, 0.05) is 0 Å². The van der Waals surface area contributed by atoms with Crippen LogP contribution in [0.4, 0.5) is 0 Å². The highest BCUT2D eigenvalue weighted by Gasteiger charge is 2.12. The Morgan fingerprint density at radius 1 is 1.46 bits per heavy atom. The molecule has 2 heterocycles. The molecule has 0 aliphatic carbocycles. The molecule has 1 N–H and O–H groups in total. The molecule has 2 rings (SSSR count). The summed E-state index contributed by atoms with van der Waals surface area (Å²) in [5.74, 6) is -0.940. The lowest BCUT2D eigenvalue weighted by Crippen LogP contribution is -1.99. The van der Waals surface area contributed by atoms with Crippen LogP contribution >= 0.6 is 11.3 Å². The minimum atomic E-state index is -0.940. The van der Waals surface area contributed by atoms with Crippen LogP contribution in [0.25, 0.3) is 5.00 Å². The van der Waals surface area contributed by atoms with Gasteiger partial charge in [-0.25, -0.2) is 4.79 Å². The number of nitrogens with zero attached hydrogens (tertiary/aromatic N) is 3. The standard InChI is InChI=1S/C7H5N3O2S/c11-7(12)5-1-2-13-6(5)10-3-8-9-4-10/h1-4H,(H,11,12). The summed E-state index contributed by atoms with van der Waals surface area (Å²) in [4.78, 5) is 10.7. The lowest BCUT2D eigenvalue weighted by molar-refractivity contribution is 0.0697. The predicted molar refractivity (Wildman–Crippen MR) is 46.2 cm³/mol. The lowest BCUT2D eigenvalue weighted by atomic mass is 10.3. The monoisotopic (exact) mass is 195 g/mol. The van der Waals surface area contributed by atoms with Crippen molar-refractivity contribution in [1.82, 2.24) is 14.8 Å². The van der Waals surface area contributed by atoms with Crippen LogP contribution in [0.5, 0.6) is 0 Å². The van der Waals surface area contributed by atoms with Crippen LogP contribution in [0, 0.1) is 0 Å². The van der Waals surface area contributed by atoms with Gasteiger partial charge in [0.05, 0.1) is 5.56 Å². The number of aromatic nitrogens is 3. The van der Waals surface area contributed by atoms with E-state index in [1.165, 1.54) is 24.0 Å². The van der Waals surface area contributed by atoms with E-state index in [-0.39, 0.29) is 5.56 Å². The van der Waals surface area contributed by atoms with Crippen molar-refractivity contribution < 1.29 is 9.90 Å². The molecule has 0 aliphatic rings. The molecule has 0 aromatic carbocycles. The normalized spacial score (nSPS) is 10.2. The van der Waals surface area contributed by atoms with Crippen molar-refractivity contribution >= 4 is 17.3 Å². The quantitative estimate of drug-likeness (QED) is 0.777. The zero-order chi connectivity index (χ0) is 9.26. The van der Waals surface area contributed by atoms with Crippen LogP contribution in [0.2, 0.25) is 0 Å².